The van der Waals surface area contributed by atoms with Crippen LogP contribution in [0.4, 0.5) is 17.6 Å². The van der Waals surface area contributed by atoms with E-state index in [-0.39, 0.29) is 28.6 Å². The number of alkyl halides is 3. The van der Waals surface area contributed by atoms with E-state index in [9.17, 15) is 22.4 Å². The molecule has 0 atom stereocenters. The van der Waals surface area contributed by atoms with Crippen LogP contribution in [0.3, 0.4) is 0 Å². The quantitative estimate of drug-likeness (QED) is 0.468. The number of hydrogen-bond donors (Lipinski definition) is 0. The Labute approximate surface area is 156 Å². The van der Waals surface area contributed by atoms with Crippen molar-refractivity contribution in [1.29, 1.82) is 0 Å². The zero-order valence-electron chi connectivity index (χ0n) is 14.3. The largest absolute Gasteiger partial charge is 0.464 e. The number of nitrogens with zero attached hydrogens (tertiary/aromatic N) is 2. The number of esters is 1. The molecule has 9 heteroatoms. The molecule has 2 aromatic carbocycles. The third-order valence-corrected chi connectivity index (χ3v) is 3.63. The van der Waals surface area contributed by atoms with Crippen LogP contribution in [0.2, 0.25) is 0 Å². The molecular weight excluding hydrogens is 380 g/mol. The monoisotopic (exact) mass is 392 g/mol. The van der Waals surface area contributed by atoms with E-state index in [1.807, 2.05) is 0 Å². The Balaban J connectivity index is 2.01. The minimum absolute atomic E-state index is 0.0299. The van der Waals surface area contributed by atoms with E-state index in [0.29, 0.717) is 0 Å². The SMILES string of the molecule is COC(=O)c1cnc(Oc2ccc(C(F)(F)F)cc2)c(-c2cccc(F)c2)n1. The van der Waals surface area contributed by atoms with E-state index in [1.165, 1.54) is 25.3 Å². The van der Waals surface area contributed by atoms with E-state index in [2.05, 4.69) is 14.7 Å². The number of halogens is 4. The summed E-state index contributed by atoms with van der Waals surface area (Å²) in [7, 11) is 1.17. The van der Waals surface area contributed by atoms with Gasteiger partial charge in [-0.1, -0.05) is 12.1 Å². The molecule has 0 radical (unpaired) electrons. The van der Waals surface area contributed by atoms with Crippen LogP contribution in [-0.2, 0) is 10.9 Å². The van der Waals surface area contributed by atoms with Crippen molar-refractivity contribution in [3.8, 4) is 22.9 Å². The van der Waals surface area contributed by atoms with Crippen LogP contribution >= 0.6 is 0 Å². The zero-order chi connectivity index (χ0) is 20.3. The molecular formula is C19H12F4N2O3. The van der Waals surface area contributed by atoms with Gasteiger partial charge < -0.3 is 9.47 Å². The highest BCUT2D eigenvalue weighted by Crippen LogP contribution is 2.33. The second-order valence-corrected chi connectivity index (χ2v) is 5.54. The lowest BCUT2D eigenvalue weighted by atomic mass is 10.1. The van der Waals surface area contributed by atoms with Crippen LogP contribution < -0.4 is 4.74 Å². The number of methoxy groups -OCH3 is 1. The van der Waals surface area contributed by atoms with Gasteiger partial charge in [0.1, 0.15) is 17.3 Å². The molecule has 144 valence electrons. The van der Waals surface area contributed by atoms with Crippen molar-refractivity contribution < 1.29 is 31.8 Å². The first-order chi connectivity index (χ1) is 13.3. The molecule has 0 aliphatic carbocycles. The van der Waals surface area contributed by atoms with Gasteiger partial charge in [-0.25, -0.2) is 19.2 Å². The van der Waals surface area contributed by atoms with Gasteiger partial charge in [-0.15, -0.1) is 0 Å². The Morgan fingerprint density at radius 3 is 2.39 bits per heavy atom. The molecule has 0 aliphatic rings. The van der Waals surface area contributed by atoms with E-state index in [4.69, 9.17) is 4.74 Å². The first-order valence-electron chi connectivity index (χ1n) is 7.84. The fraction of sp³-hybridized carbons (Fsp3) is 0.105. The average Bonchev–Trinajstić information content (AvgIpc) is 2.67. The molecule has 0 fully saturated rings. The summed E-state index contributed by atoms with van der Waals surface area (Å²) in [6, 6.07) is 9.28. The minimum Gasteiger partial charge on any atom is -0.464 e. The molecule has 0 spiro atoms. The summed E-state index contributed by atoms with van der Waals surface area (Å²) in [5.41, 5.74) is -0.679. The second kappa shape index (κ2) is 7.63. The van der Waals surface area contributed by atoms with Crippen LogP contribution in [-0.4, -0.2) is 23.0 Å². The van der Waals surface area contributed by atoms with Crippen molar-refractivity contribution in [3.63, 3.8) is 0 Å². The molecule has 0 saturated carbocycles. The molecule has 0 N–H and O–H groups in total. The number of ether oxygens (including phenoxy) is 2. The van der Waals surface area contributed by atoms with Crippen molar-refractivity contribution in [2.75, 3.05) is 7.11 Å². The first kappa shape index (κ1) is 19.3. The molecule has 28 heavy (non-hydrogen) atoms. The smallest absolute Gasteiger partial charge is 0.416 e. The highest BCUT2D eigenvalue weighted by molar-refractivity contribution is 5.87. The standard InChI is InChI=1S/C19H12F4N2O3/c1-27-18(26)15-10-24-17(16(25-15)11-3-2-4-13(20)9-11)28-14-7-5-12(6-8-14)19(21,22)23/h2-10H,1H3. The Morgan fingerprint density at radius 1 is 1.07 bits per heavy atom. The maximum Gasteiger partial charge on any atom is 0.416 e. The fourth-order valence-electron chi connectivity index (χ4n) is 2.30. The Bertz CT molecular complexity index is 1000. The van der Waals surface area contributed by atoms with Crippen LogP contribution in [0.15, 0.2) is 54.7 Å². The number of carbonyl (C=O) groups is 1. The first-order valence-corrected chi connectivity index (χ1v) is 7.84. The van der Waals surface area contributed by atoms with E-state index in [0.717, 1.165) is 36.5 Å². The Morgan fingerprint density at radius 2 is 1.79 bits per heavy atom. The van der Waals surface area contributed by atoms with Gasteiger partial charge >= 0.3 is 12.1 Å². The lowest BCUT2D eigenvalue weighted by molar-refractivity contribution is -0.137. The number of aromatic nitrogens is 2. The Hall–Kier alpha value is -3.49. The van der Waals surface area contributed by atoms with E-state index >= 15 is 0 Å². The van der Waals surface area contributed by atoms with Crippen molar-refractivity contribution in [3.05, 3.63) is 71.8 Å². The molecule has 1 aromatic heterocycles. The highest BCUT2D eigenvalue weighted by atomic mass is 19.4. The maximum absolute atomic E-state index is 13.6. The van der Waals surface area contributed by atoms with Gasteiger partial charge in [-0.3, -0.25) is 0 Å². The van der Waals surface area contributed by atoms with Crippen molar-refractivity contribution in [2.24, 2.45) is 0 Å². The van der Waals surface area contributed by atoms with Gasteiger partial charge in [0.15, 0.2) is 5.69 Å². The molecule has 3 aromatic rings. The van der Waals surface area contributed by atoms with Crippen molar-refractivity contribution >= 4 is 5.97 Å². The summed E-state index contributed by atoms with van der Waals surface area (Å²) in [6.07, 6.45) is -3.39. The molecule has 3 rings (SSSR count). The lowest BCUT2D eigenvalue weighted by Crippen LogP contribution is -2.07. The molecule has 5 nitrogen and oxygen atoms in total. The van der Waals surface area contributed by atoms with Crippen LogP contribution in [0.25, 0.3) is 11.3 Å². The van der Waals surface area contributed by atoms with Crippen LogP contribution in [0, 0.1) is 5.82 Å². The molecule has 0 amide bonds. The molecule has 0 unspecified atom stereocenters. The normalized spacial score (nSPS) is 11.2. The average molecular weight is 392 g/mol. The van der Waals surface area contributed by atoms with Gasteiger partial charge in [-0.05, 0) is 36.4 Å². The summed E-state index contributed by atoms with van der Waals surface area (Å²) in [5, 5.41) is 0. The van der Waals surface area contributed by atoms with Gasteiger partial charge in [0.2, 0.25) is 5.88 Å². The van der Waals surface area contributed by atoms with Crippen LogP contribution in [0.1, 0.15) is 16.1 Å². The number of rotatable bonds is 4. The summed E-state index contributed by atoms with van der Waals surface area (Å²) in [5.74, 6) is -1.36. The molecule has 0 bridgehead atoms. The fourth-order valence-corrected chi connectivity index (χ4v) is 2.30. The minimum atomic E-state index is -4.48. The van der Waals surface area contributed by atoms with E-state index < -0.39 is 23.5 Å². The number of hydrogen-bond acceptors (Lipinski definition) is 5. The number of carbonyl (C=O) groups excluding carboxylic acids is 1. The highest BCUT2D eigenvalue weighted by Gasteiger charge is 2.30. The van der Waals surface area contributed by atoms with Gasteiger partial charge in [0.05, 0.1) is 18.9 Å². The van der Waals surface area contributed by atoms with Crippen LogP contribution in [0.5, 0.6) is 11.6 Å². The topological polar surface area (TPSA) is 61.3 Å². The summed E-state index contributed by atoms with van der Waals surface area (Å²) < 4.78 is 61.8. The molecule has 1 heterocycles. The molecule has 0 saturated heterocycles. The van der Waals surface area contributed by atoms with Gasteiger partial charge in [-0.2, -0.15) is 13.2 Å². The number of benzene rings is 2. The predicted molar refractivity (Wildman–Crippen MR) is 90.3 cm³/mol. The Kier molecular flexibility index (Phi) is 5.25. The summed E-state index contributed by atoms with van der Waals surface area (Å²) >= 11 is 0. The second-order valence-electron chi connectivity index (χ2n) is 5.54. The summed E-state index contributed by atoms with van der Waals surface area (Å²) in [4.78, 5) is 19.8. The van der Waals surface area contributed by atoms with Gasteiger partial charge in [0.25, 0.3) is 0 Å². The van der Waals surface area contributed by atoms with Crippen molar-refractivity contribution in [2.45, 2.75) is 6.18 Å². The summed E-state index contributed by atoms with van der Waals surface area (Å²) in [6.45, 7) is 0. The van der Waals surface area contributed by atoms with E-state index in [1.54, 1.807) is 0 Å². The molecule has 0 aliphatic heterocycles. The van der Waals surface area contributed by atoms with Gasteiger partial charge in [0, 0.05) is 5.56 Å². The third kappa shape index (κ3) is 4.25. The van der Waals surface area contributed by atoms with Crippen molar-refractivity contribution in [1.82, 2.24) is 9.97 Å². The third-order valence-electron chi connectivity index (χ3n) is 3.63. The zero-order valence-corrected chi connectivity index (χ0v) is 14.3. The maximum atomic E-state index is 13.6. The predicted octanol–water partition coefficient (Wildman–Crippen LogP) is 4.88. The lowest BCUT2D eigenvalue weighted by Gasteiger charge is -2.12.